The minimum atomic E-state index is -0.121. The third-order valence-electron chi connectivity index (χ3n) is 3.95. The number of nitrogens with one attached hydrogen (secondary N) is 1. The fraction of sp³-hybridized carbons (Fsp3) is 0.150. The molecule has 0 aliphatic heterocycles. The van der Waals surface area contributed by atoms with Gasteiger partial charge in [0.25, 0.3) is 0 Å². The minimum absolute atomic E-state index is 0.0798. The van der Waals surface area contributed by atoms with Gasteiger partial charge >= 0.3 is 0 Å². The zero-order valence-electron chi connectivity index (χ0n) is 13.9. The molecule has 1 amide bonds. The van der Waals surface area contributed by atoms with Gasteiger partial charge in [-0.3, -0.25) is 4.79 Å². The fourth-order valence-electron chi connectivity index (χ4n) is 2.75. The summed E-state index contributed by atoms with van der Waals surface area (Å²) in [6.45, 7) is 0. The monoisotopic (exact) mass is 354 g/mol. The van der Waals surface area contributed by atoms with Crippen LogP contribution >= 0.6 is 11.6 Å². The highest BCUT2D eigenvalue weighted by Gasteiger charge is 2.18. The normalized spacial score (nSPS) is 11.8. The van der Waals surface area contributed by atoms with Gasteiger partial charge < -0.3 is 14.6 Å². The summed E-state index contributed by atoms with van der Waals surface area (Å²) in [5.41, 5.74) is 1.70. The van der Waals surface area contributed by atoms with Crippen molar-refractivity contribution < 1.29 is 9.53 Å². The number of methoxy groups -OCH3 is 1. The Morgan fingerprint density at radius 2 is 1.88 bits per heavy atom. The number of rotatable bonds is 6. The lowest BCUT2D eigenvalue weighted by atomic mass is 10.0. The first-order valence-corrected chi connectivity index (χ1v) is 8.35. The number of hydrogen-bond acceptors (Lipinski definition) is 2. The van der Waals surface area contributed by atoms with Crippen molar-refractivity contribution in [3.63, 3.8) is 0 Å². The summed E-state index contributed by atoms with van der Waals surface area (Å²) in [5, 5.41) is 3.50. The standard InChI is InChI=1S/C20H19ClN2O2/c1-25-18-9-4-6-15(12-18)19(23-10-2-3-11-23)14-20(24)22-17-8-5-7-16(21)13-17/h2-13,19H,14H2,1H3,(H,22,24)/t19-/m1/s1. The number of amides is 1. The molecule has 0 aliphatic carbocycles. The largest absolute Gasteiger partial charge is 0.497 e. The molecule has 0 radical (unpaired) electrons. The molecule has 128 valence electrons. The van der Waals surface area contributed by atoms with Crippen molar-refractivity contribution in [3.8, 4) is 5.75 Å². The van der Waals surface area contributed by atoms with Gasteiger partial charge in [-0.1, -0.05) is 29.8 Å². The number of aromatic nitrogens is 1. The van der Waals surface area contributed by atoms with E-state index in [1.54, 1.807) is 19.2 Å². The number of nitrogens with zero attached hydrogens (tertiary/aromatic N) is 1. The van der Waals surface area contributed by atoms with E-state index in [4.69, 9.17) is 16.3 Å². The summed E-state index contributed by atoms with van der Waals surface area (Å²) in [6, 6.07) is 18.7. The van der Waals surface area contributed by atoms with E-state index in [0.717, 1.165) is 11.3 Å². The average Bonchev–Trinajstić information content (AvgIpc) is 3.14. The Kier molecular flexibility index (Phi) is 5.41. The first-order chi connectivity index (χ1) is 12.2. The Labute approximate surface area is 152 Å². The van der Waals surface area contributed by atoms with Gasteiger partial charge in [0.15, 0.2) is 0 Å². The molecule has 0 saturated carbocycles. The molecule has 0 bridgehead atoms. The molecule has 0 saturated heterocycles. The van der Waals surface area contributed by atoms with Crippen molar-refractivity contribution in [2.75, 3.05) is 12.4 Å². The van der Waals surface area contributed by atoms with E-state index in [1.165, 1.54) is 0 Å². The molecular weight excluding hydrogens is 336 g/mol. The van der Waals surface area contributed by atoms with Gasteiger partial charge in [-0.25, -0.2) is 0 Å². The Morgan fingerprint density at radius 1 is 1.12 bits per heavy atom. The van der Waals surface area contributed by atoms with Crippen molar-refractivity contribution in [2.45, 2.75) is 12.5 Å². The van der Waals surface area contributed by atoms with E-state index < -0.39 is 0 Å². The topological polar surface area (TPSA) is 43.3 Å². The lowest BCUT2D eigenvalue weighted by Crippen LogP contribution is -2.19. The third kappa shape index (κ3) is 4.43. The molecule has 5 heteroatoms. The van der Waals surface area contributed by atoms with Crippen molar-refractivity contribution in [1.82, 2.24) is 4.57 Å². The number of ether oxygens (including phenoxy) is 1. The molecule has 0 spiro atoms. The van der Waals surface area contributed by atoms with E-state index in [0.29, 0.717) is 17.1 Å². The van der Waals surface area contributed by atoms with Gasteiger partial charge in [0.05, 0.1) is 19.6 Å². The van der Waals surface area contributed by atoms with Gasteiger partial charge in [0, 0.05) is 23.1 Å². The van der Waals surface area contributed by atoms with Crippen LogP contribution in [0.2, 0.25) is 5.02 Å². The smallest absolute Gasteiger partial charge is 0.226 e. The van der Waals surface area contributed by atoms with Crippen LogP contribution < -0.4 is 10.1 Å². The van der Waals surface area contributed by atoms with E-state index in [2.05, 4.69) is 5.32 Å². The van der Waals surface area contributed by atoms with E-state index in [-0.39, 0.29) is 11.9 Å². The Balaban J connectivity index is 1.81. The van der Waals surface area contributed by atoms with Gasteiger partial charge in [-0.2, -0.15) is 0 Å². The molecule has 25 heavy (non-hydrogen) atoms. The Bertz CT molecular complexity index is 846. The number of carbonyl (C=O) groups is 1. The maximum Gasteiger partial charge on any atom is 0.226 e. The van der Waals surface area contributed by atoms with Crippen LogP contribution in [0, 0.1) is 0 Å². The molecule has 4 nitrogen and oxygen atoms in total. The predicted molar refractivity (Wildman–Crippen MR) is 100 cm³/mol. The number of anilines is 1. The van der Waals surface area contributed by atoms with Gasteiger partial charge in [-0.05, 0) is 48.0 Å². The van der Waals surface area contributed by atoms with Crippen molar-refractivity contribution in [2.24, 2.45) is 0 Å². The zero-order chi connectivity index (χ0) is 17.6. The van der Waals surface area contributed by atoms with Crippen LogP contribution in [0.5, 0.6) is 5.75 Å². The first-order valence-electron chi connectivity index (χ1n) is 7.97. The Hall–Kier alpha value is -2.72. The number of benzene rings is 2. The van der Waals surface area contributed by atoms with Gasteiger partial charge in [-0.15, -0.1) is 0 Å². The van der Waals surface area contributed by atoms with Crippen LogP contribution in [0.3, 0.4) is 0 Å². The highest BCUT2D eigenvalue weighted by molar-refractivity contribution is 6.30. The number of hydrogen-bond donors (Lipinski definition) is 1. The van der Waals surface area contributed by atoms with Crippen LogP contribution in [0.1, 0.15) is 18.0 Å². The first kappa shape index (κ1) is 17.1. The second kappa shape index (κ2) is 7.90. The summed E-state index contributed by atoms with van der Waals surface area (Å²) in [7, 11) is 1.63. The third-order valence-corrected chi connectivity index (χ3v) is 4.19. The SMILES string of the molecule is COc1cccc([C@@H](CC(=O)Nc2cccc(Cl)c2)n2cccc2)c1. The van der Waals surface area contributed by atoms with Crippen LogP contribution in [-0.2, 0) is 4.79 Å². The quantitative estimate of drug-likeness (QED) is 0.693. The zero-order valence-corrected chi connectivity index (χ0v) is 14.6. The van der Waals surface area contributed by atoms with Crippen LogP contribution in [0.15, 0.2) is 73.1 Å². The molecule has 0 aliphatic rings. The van der Waals surface area contributed by atoms with E-state index in [1.807, 2.05) is 65.5 Å². The number of carbonyl (C=O) groups excluding carboxylic acids is 1. The fourth-order valence-corrected chi connectivity index (χ4v) is 2.94. The lowest BCUT2D eigenvalue weighted by molar-refractivity contribution is -0.116. The molecule has 1 atom stereocenters. The summed E-state index contributed by atoms with van der Waals surface area (Å²) < 4.78 is 7.33. The maximum absolute atomic E-state index is 12.6. The molecule has 0 fully saturated rings. The molecule has 1 aromatic heterocycles. The second-order valence-electron chi connectivity index (χ2n) is 5.69. The minimum Gasteiger partial charge on any atom is -0.497 e. The highest BCUT2D eigenvalue weighted by atomic mass is 35.5. The maximum atomic E-state index is 12.6. The molecular formula is C20H19ClN2O2. The molecule has 1 N–H and O–H groups in total. The Morgan fingerprint density at radius 3 is 2.60 bits per heavy atom. The molecule has 2 aromatic carbocycles. The second-order valence-corrected chi connectivity index (χ2v) is 6.12. The van der Waals surface area contributed by atoms with E-state index in [9.17, 15) is 4.79 Å². The van der Waals surface area contributed by atoms with Crippen LogP contribution in [0.25, 0.3) is 0 Å². The van der Waals surface area contributed by atoms with Gasteiger partial charge in [0.2, 0.25) is 5.91 Å². The van der Waals surface area contributed by atoms with Gasteiger partial charge in [0.1, 0.15) is 5.75 Å². The summed E-state index contributed by atoms with van der Waals surface area (Å²) in [5.74, 6) is 0.689. The van der Waals surface area contributed by atoms with Crippen LogP contribution in [-0.4, -0.2) is 17.6 Å². The van der Waals surface area contributed by atoms with Crippen LogP contribution in [0.4, 0.5) is 5.69 Å². The molecule has 3 rings (SSSR count). The van der Waals surface area contributed by atoms with Crippen molar-refractivity contribution >= 4 is 23.2 Å². The van der Waals surface area contributed by atoms with E-state index >= 15 is 0 Å². The molecule has 0 unspecified atom stereocenters. The number of halogens is 1. The van der Waals surface area contributed by atoms with Crippen molar-refractivity contribution in [1.29, 1.82) is 0 Å². The highest BCUT2D eigenvalue weighted by Crippen LogP contribution is 2.26. The van der Waals surface area contributed by atoms with Crippen molar-refractivity contribution in [3.05, 3.63) is 83.6 Å². The predicted octanol–water partition coefficient (Wildman–Crippen LogP) is 4.77. The summed E-state index contributed by atoms with van der Waals surface area (Å²) in [4.78, 5) is 12.6. The lowest BCUT2D eigenvalue weighted by Gasteiger charge is -2.20. The average molecular weight is 355 g/mol. The molecule has 3 aromatic rings. The summed E-state index contributed by atoms with van der Waals surface area (Å²) >= 11 is 5.98. The molecule has 1 heterocycles. The summed E-state index contributed by atoms with van der Waals surface area (Å²) in [6.07, 6.45) is 4.21.